The molecular weight excluding hydrogens is 315 g/mol. The van der Waals surface area contributed by atoms with E-state index in [0.717, 1.165) is 25.2 Å². The van der Waals surface area contributed by atoms with Crippen molar-refractivity contribution in [3.63, 3.8) is 0 Å². The van der Waals surface area contributed by atoms with Crippen molar-refractivity contribution >= 4 is 34.0 Å². The predicted octanol–water partition coefficient (Wildman–Crippen LogP) is 2.08. The van der Waals surface area contributed by atoms with Crippen LogP contribution in [0.4, 0.5) is 11.4 Å². The zero-order valence-electron chi connectivity index (χ0n) is 9.36. The number of benzene rings is 1. The number of hydrogen-bond acceptors (Lipinski definition) is 3. The van der Waals surface area contributed by atoms with E-state index in [2.05, 4.69) is 33.6 Å². The van der Waals surface area contributed by atoms with Gasteiger partial charge in [-0.1, -0.05) is 0 Å². The highest BCUT2D eigenvalue weighted by Gasteiger charge is 2.26. The van der Waals surface area contributed by atoms with E-state index >= 15 is 0 Å². The summed E-state index contributed by atoms with van der Waals surface area (Å²) in [5.41, 5.74) is 7.78. The van der Waals surface area contributed by atoms with Gasteiger partial charge in [-0.05, 0) is 54.1 Å². The van der Waals surface area contributed by atoms with Gasteiger partial charge < -0.3 is 15.7 Å². The molecule has 1 aliphatic rings. The molecule has 4 heteroatoms. The molecule has 2 rings (SSSR count). The van der Waals surface area contributed by atoms with Gasteiger partial charge in [0.2, 0.25) is 0 Å². The van der Waals surface area contributed by atoms with Gasteiger partial charge in [0.15, 0.2) is 0 Å². The molecule has 88 valence electrons. The maximum atomic E-state index is 9.58. The van der Waals surface area contributed by atoms with Crippen LogP contribution in [0.2, 0.25) is 0 Å². The van der Waals surface area contributed by atoms with Crippen molar-refractivity contribution in [3.05, 3.63) is 21.8 Å². The third-order valence-electron chi connectivity index (χ3n) is 3.22. The molecule has 1 heterocycles. The highest BCUT2D eigenvalue weighted by Crippen LogP contribution is 2.30. The van der Waals surface area contributed by atoms with Crippen molar-refractivity contribution in [2.24, 2.45) is 5.92 Å². The molecule has 0 bridgehead atoms. The Bertz CT molecular complexity index is 381. The van der Waals surface area contributed by atoms with Crippen molar-refractivity contribution in [1.82, 2.24) is 0 Å². The molecule has 16 heavy (non-hydrogen) atoms. The van der Waals surface area contributed by atoms with Crippen LogP contribution in [0, 0.1) is 9.49 Å². The third kappa shape index (κ3) is 2.43. The minimum atomic E-state index is -0.212. The molecule has 3 nitrogen and oxygen atoms in total. The molecule has 1 fully saturated rings. The van der Waals surface area contributed by atoms with Crippen molar-refractivity contribution in [3.8, 4) is 0 Å². The largest absolute Gasteiger partial charge is 0.399 e. The number of anilines is 2. The molecule has 0 aromatic heterocycles. The lowest BCUT2D eigenvalue weighted by molar-refractivity contribution is 0.136. The predicted molar refractivity (Wildman–Crippen MR) is 75.6 cm³/mol. The van der Waals surface area contributed by atoms with Crippen molar-refractivity contribution in [1.29, 1.82) is 0 Å². The van der Waals surface area contributed by atoms with Gasteiger partial charge in [0, 0.05) is 28.3 Å². The maximum Gasteiger partial charge on any atom is 0.0557 e. The second-order valence-electron chi connectivity index (χ2n) is 4.45. The average Bonchev–Trinajstić information content (AvgIpc) is 2.66. The fourth-order valence-electron chi connectivity index (χ4n) is 2.18. The normalized spacial score (nSPS) is 22.4. The fraction of sp³-hybridized carbons (Fsp3) is 0.500. The van der Waals surface area contributed by atoms with Crippen LogP contribution in [-0.2, 0) is 0 Å². The summed E-state index contributed by atoms with van der Waals surface area (Å²) in [4.78, 5) is 2.33. The Hall–Kier alpha value is -0.490. The Morgan fingerprint density at radius 3 is 2.88 bits per heavy atom. The van der Waals surface area contributed by atoms with Crippen LogP contribution in [0.1, 0.15) is 13.3 Å². The van der Waals surface area contributed by atoms with Gasteiger partial charge in [0.25, 0.3) is 0 Å². The molecule has 1 aromatic rings. The molecule has 2 unspecified atom stereocenters. The SMILES string of the molecule is CC(O)C1CCN(c2ccc(N)cc2I)C1. The summed E-state index contributed by atoms with van der Waals surface area (Å²) in [7, 11) is 0. The molecule has 1 saturated heterocycles. The van der Waals surface area contributed by atoms with E-state index in [0.29, 0.717) is 5.92 Å². The number of aliphatic hydroxyl groups excluding tert-OH is 1. The standard InChI is InChI=1S/C12H17IN2O/c1-8(16)9-4-5-15(7-9)12-3-2-10(14)6-11(12)13/h2-3,6,8-9,16H,4-5,7,14H2,1H3. The Labute approximate surface area is 110 Å². The summed E-state index contributed by atoms with van der Waals surface area (Å²) < 4.78 is 1.18. The quantitative estimate of drug-likeness (QED) is 0.644. The first-order chi connectivity index (χ1) is 7.58. The van der Waals surface area contributed by atoms with E-state index in [9.17, 15) is 5.11 Å². The third-order valence-corrected chi connectivity index (χ3v) is 4.08. The van der Waals surface area contributed by atoms with Gasteiger partial charge >= 0.3 is 0 Å². The van der Waals surface area contributed by atoms with Gasteiger partial charge in [0.05, 0.1) is 11.8 Å². The maximum absolute atomic E-state index is 9.58. The summed E-state index contributed by atoms with van der Waals surface area (Å²) in [5.74, 6) is 0.397. The highest BCUT2D eigenvalue weighted by atomic mass is 127. The fourth-order valence-corrected chi connectivity index (χ4v) is 3.06. The van der Waals surface area contributed by atoms with Crippen LogP contribution in [0.5, 0.6) is 0 Å². The molecule has 0 saturated carbocycles. The van der Waals surface area contributed by atoms with E-state index in [1.165, 1.54) is 9.26 Å². The van der Waals surface area contributed by atoms with E-state index in [-0.39, 0.29) is 6.10 Å². The number of nitrogen functional groups attached to an aromatic ring is 1. The lowest BCUT2D eigenvalue weighted by atomic mass is 10.0. The number of hydrogen-bond donors (Lipinski definition) is 2. The first-order valence-electron chi connectivity index (χ1n) is 5.56. The lowest BCUT2D eigenvalue weighted by Gasteiger charge is -2.21. The van der Waals surface area contributed by atoms with Crippen LogP contribution in [0.25, 0.3) is 0 Å². The number of halogens is 1. The Morgan fingerprint density at radius 2 is 2.31 bits per heavy atom. The number of rotatable bonds is 2. The molecule has 0 spiro atoms. The molecule has 0 radical (unpaired) electrons. The van der Waals surface area contributed by atoms with Crippen molar-refractivity contribution in [2.75, 3.05) is 23.7 Å². The highest BCUT2D eigenvalue weighted by molar-refractivity contribution is 14.1. The molecule has 3 N–H and O–H groups in total. The van der Waals surface area contributed by atoms with Crippen LogP contribution in [-0.4, -0.2) is 24.3 Å². The van der Waals surface area contributed by atoms with E-state index in [4.69, 9.17) is 5.73 Å². The second-order valence-corrected chi connectivity index (χ2v) is 5.61. The molecule has 0 amide bonds. The Kier molecular flexibility index (Phi) is 3.59. The first kappa shape index (κ1) is 12.0. The second kappa shape index (κ2) is 4.79. The molecule has 2 atom stereocenters. The monoisotopic (exact) mass is 332 g/mol. The van der Waals surface area contributed by atoms with Gasteiger partial charge in [0.1, 0.15) is 0 Å². The molecule has 1 aliphatic heterocycles. The Balaban J connectivity index is 2.14. The summed E-state index contributed by atoms with van der Waals surface area (Å²) in [6, 6.07) is 6.00. The number of aliphatic hydroxyl groups is 1. The zero-order chi connectivity index (χ0) is 11.7. The number of nitrogens with two attached hydrogens (primary N) is 1. The van der Waals surface area contributed by atoms with E-state index in [1.54, 1.807) is 0 Å². The summed E-state index contributed by atoms with van der Waals surface area (Å²) in [5, 5.41) is 9.58. The van der Waals surface area contributed by atoms with Crippen LogP contribution >= 0.6 is 22.6 Å². The van der Waals surface area contributed by atoms with E-state index < -0.39 is 0 Å². The lowest BCUT2D eigenvalue weighted by Crippen LogP contribution is -2.24. The van der Waals surface area contributed by atoms with E-state index in [1.807, 2.05) is 19.1 Å². The Morgan fingerprint density at radius 1 is 1.56 bits per heavy atom. The van der Waals surface area contributed by atoms with Crippen molar-refractivity contribution in [2.45, 2.75) is 19.4 Å². The van der Waals surface area contributed by atoms with Gasteiger partial charge in [-0.3, -0.25) is 0 Å². The first-order valence-corrected chi connectivity index (χ1v) is 6.64. The molecule has 0 aliphatic carbocycles. The molecule has 1 aromatic carbocycles. The summed E-state index contributed by atoms with van der Waals surface area (Å²) in [6.07, 6.45) is 0.856. The average molecular weight is 332 g/mol. The zero-order valence-corrected chi connectivity index (χ0v) is 11.5. The smallest absolute Gasteiger partial charge is 0.0557 e. The van der Waals surface area contributed by atoms with Gasteiger partial charge in [-0.2, -0.15) is 0 Å². The minimum absolute atomic E-state index is 0.212. The van der Waals surface area contributed by atoms with Crippen LogP contribution in [0.3, 0.4) is 0 Å². The summed E-state index contributed by atoms with van der Waals surface area (Å²) in [6.45, 7) is 3.84. The summed E-state index contributed by atoms with van der Waals surface area (Å²) >= 11 is 2.32. The minimum Gasteiger partial charge on any atom is -0.399 e. The van der Waals surface area contributed by atoms with Gasteiger partial charge in [-0.25, -0.2) is 0 Å². The van der Waals surface area contributed by atoms with Gasteiger partial charge in [-0.15, -0.1) is 0 Å². The van der Waals surface area contributed by atoms with Crippen LogP contribution < -0.4 is 10.6 Å². The number of nitrogens with zero attached hydrogens (tertiary/aromatic N) is 1. The van der Waals surface area contributed by atoms with Crippen LogP contribution in [0.15, 0.2) is 18.2 Å². The van der Waals surface area contributed by atoms with Crippen molar-refractivity contribution < 1.29 is 5.11 Å². The molecular formula is C12H17IN2O. The topological polar surface area (TPSA) is 49.5 Å².